The smallest absolute Gasteiger partial charge is 0.275 e. The lowest BCUT2D eigenvalue weighted by Crippen LogP contribution is -2.12. The Kier molecular flexibility index (Phi) is 3.29. The molecule has 4 N–H and O–H groups in total. The molecule has 1 heterocycles. The van der Waals surface area contributed by atoms with Gasteiger partial charge in [-0.3, -0.25) is 14.9 Å². The van der Waals surface area contributed by atoms with E-state index < -0.39 is 10.8 Å². The number of phenols is 1. The fraction of sp³-hybridized carbons (Fsp3) is 0. The van der Waals surface area contributed by atoms with Gasteiger partial charge in [0, 0.05) is 17.5 Å². The topological polar surface area (TPSA) is 131 Å². The van der Waals surface area contributed by atoms with E-state index in [0.29, 0.717) is 0 Å². The van der Waals surface area contributed by atoms with Crippen LogP contribution in [0, 0.1) is 10.1 Å². The quantitative estimate of drug-likeness (QED) is 0.444. The molecule has 0 radical (unpaired) electrons. The first-order valence-electron chi connectivity index (χ1n) is 4.97. The molecule has 1 aromatic carbocycles. The first-order chi connectivity index (χ1) is 8.97. The van der Waals surface area contributed by atoms with Gasteiger partial charge in [-0.1, -0.05) is 0 Å². The maximum absolute atomic E-state index is 11.8. The van der Waals surface area contributed by atoms with Crippen LogP contribution in [0.3, 0.4) is 0 Å². The Bertz CT molecular complexity index is 655. The zero-order valence-corrected chi connectivity index (χ0v) is 10.2. The van der Waals surface area contributed by atoms with Crippen molar-refractivity contribution in [3.63, 3.8) is 0 Å². The number of amides is 1. The predicted molar refractivity (Wildman–Crippen MR) is 69.2 cm³/mol. The maximum atomic E-state index is 11.8. The molecule has 0 atom stereocenters. The van der Waals surface area contributed by atoms with Crippen LogP contribution in [-0.4, -0.2) is 20.9 Å². The average molecular weight is 280 g/mol. The lowest BCUT2D eigenvalue weighted by Gasteiger charge is -2.05. The third-order valence-electron chi connectivity index (χ3n) is 2.19. The Morgan fingerprint density at radius 3 is 2.84 bits per heavy atom. The Hall–Kier alpha value is -2.68. The number of nitro groups is 1. The van der Waals surface area contributed by atoms with Gasteiger partial charge in [0.25, 0.3) is 11.6 Å². The number of anilines is 2. The van der Waals surface area contributed by atoms with Crippen molar-refractivity contribution >= 4 is 33.8 Å². The van der Waals surface area contributed by atoms with Crippen LogP contribution in [-0.2, 0) is 0 Å². The van der Waals surface area contributed by atoms with Gasteiger partial charge in [-0.25, -0.2) is 4.98 Å². The van der Waals surface area contributed by atoms with Crippen molar-refractivity contribution in [2.45, 2.75) is 0 Å². The molecule has 0 saturated heterocycles. The number of carbonyl (C=O) groups excluding carboxylic acids is 1. The molecule has 0 aliphatic carbocycles. The maximum Gasteiger partial charge on any atom is 0.275 e. The summed E-state index contributed by atoms with van der Waals surface area (Å²) in [7, 11) is 0. The Labute approximate surface area is 110 Å². The minimum absolute atomic E-state index is 0.0641. The molecule has 1 amide bonds. The fourth-order valence-corrected chi connectivity index (χ4v) is 1.86. The molecule has 0 aliphatic rings. The Balaban J connectivity index is 2.25. The number of hydrogen-bond acceptors (Lipinski definition) is 7. The standard InChI is InChI=1S/C10H8N4O4S/c11-10-13-7(4-19-10)9(16)12-6-3-5(14(17)18)1-2-8(6)15/h1-4,15H,(H2,11,13)(H,12,16). The minimum Gasteiger partial charge on any atom is -0.506 e. The summed E-state index contributed by atoms with van der Waals surface area (Å²) in [5.74, 6) is -0.883. The van der Waals surface area contributed by atoms with E-state index in [2.05, 4.69) is 10.3 Å². The molecule has 1 aromatic heterocycles. The first kappa shape index (κ1) is 12.8. The van der Waals surface area contributed by atoms with Crippen molar-refractivity contribution < 1.29 is 14.8 Å². The van der Waals surface area contributed by atoms with Crippen LogP contribution in [0.25, 0.3) is 0 Å². The highest BCUT2D eigenvalue weighted by Gasteiger charge is 2.15. The van der Waals surface area contributed by atoms with E-state index in [-0.39, 0.29) is 27.9 Å². The summed E-state index contributed by atoms with van der Waals surface area (Å²) in [4.78, 5) is 25.5. The van der Waals surface area contributed by atoms with Gasteiger partial charge < -0.3 is 16.2 Å². The van der Waals surface area contributed by atoms with E-state index in [1.165, 1.54) is 5.38 Å². The number of nitrogens with zero attached hydrogens (tertiary/aromatic N) is 2. The Morgan fingerprint density at radius 2 is 2.26 bits per heavy atom. The van der Waals surface area contributed by atoms with Crippen molar-refractivity contribution in [2.75, 3.05) is 11.1 Å². The second-order valence-corrected chi connectivity index (χ2v) is 4.37. The van der Waals surface area contributed by atoms with E-state index in [9.17, 15) is 20.0 Å². The van der Waals surface area contributed by atoms with E-state index >= 15 is 0 Å². The van der Waals surface area contributed by atoms with Crippen molar-refractivity contribution in [2.24, 2.45) is 0 Å². The van der Waals surface area contributed by atoms with Crippen LogP contribution >= 0.6 is 11.3 Å². The van der Waals surface area contributed by atoms with Crippen LogP contribution in [0.1, 0.15) is 10.5 Å². The first-order valence-corrected chi connectivity index (χ1v) is 5.85. The lowest BCUT2D eigenvalue weighted by atomic mass is 10.2. The SMILES string of the molecule is Nc1nc(C(=O)Nc2cc([N+](=O)[O-])ccc2O)cs1. The summed E-state index contributed by atoms with van der Waals surface area (Å²) < 4.78 is 0. The number of nitrogens with one attached hydrogen (secondary N) is 1. The minimum atomic E-state index is -0.629. The fourth-order valence-electron chi connectivity index (χ4n) is 1.32. The number of rotatable bonds is 3. The van der Waals surface area contributed by atoms with Gasteiger partial charge >= 0.3 is 0 Å². The molecule has 8 nitrogen and oxygen atoms in total. The van der Waals surface area contributed by atoms with Gasteiger partial charge in [-0.2, -0.15) is 0 Å². The number of phenolic OH excluding ortho intramolecular Hbond substituents is 1. The number of nitrogen functional groups attached to an aromatic ring is 1. The van der Waals surface area contributed by atoms with E-state index in [1.807, 2.05) is 0 Å². The lowest BCUT2D eigenvalue weighted by molar-refractivity contribution is -0.384. The second-order valence-electron chi connectivity index (χ2n) is 3.48. The normalized spacial score (nSPS) is 10.1. The number of hydrogen-bond donors (Lipinski definition) is 3. The van der Waals surface area contributed by atoms with Gasteiger partial charge in [0.15, 0.2) is 5.13 Å². The second kappa shape index (κ2) is 4.90. The number of benzene rings is 1. The zero-order chi connectivity index (χ0) is 14.0. The summed E-state index contributed by atoms with van der Waals surface area (Å²) in [6.07, 6.45) is 0. The number of carbonyl (C=O) groups is 1. The number of thiazole rings is 1. The van der Waals surface area contributed by atoms with Crippen LogP contribution in [0.2, 0.25) is 0 Å². The number of nitrogens with two attached hydrogens (primary N) is 1. The summed E-state index contributed by atoms with van der Waals surface area (Å²) in [5, 5.41) is 24.1. The molecule has 0 saturated carbocycles. The largest absolute Gasteiger partial charge is 0.506 e. The van der Waals surface area contributed by atoms with Crippen molar-refractivity contribution in [3.05, 3.63) is 39.4 Å². The van der Waals surface area contributed by atoms with Gasteiger partial charge in [0.05, 0.1) is 10.6 Å². The molecule has 2 aromatic rings. The third kappa shape index (κ3) is 2.77. The van der Waals surface area contributed by atoms with Crippen molar-refractivity contribution in [1.82, 2.24) is 4.98 Å². The molecule has 9 heteroatoms. The van der Waals surface area contributed by atoms with Crippen molar-refractivity contribution in [1.29, 1.82) is 0 Å². The highest BCUT2D eigenvalue weighted by Crippen LogP contribution is 2.28. The number of non-ortho nitro benzene ring substituents is 1. The number of aromatic nitrogens is 1. The highest BCUT2D eigenvalue weighted by atomic mass is 32.1. The number of aromatic hydroxyl groups is 1. The molecule has 0 unspecified atom stereocenters. The summed E-state index contributed by atoms with van der Waals surface area (Å²) in [5.41, 5.74) is 5.16. The zero-order valence-electron chi connectivity index (χ0n) is 9.36. The molecule has 98 valence electrons. The summed E-state index contributed by atoms with van der Waals surface area (Å²) >= 11 is 1.09. The summed E-state index contributed by atoms with van der Waals surface area (Å²) in [6.45, 7) is 0. The van der Waals surface area contributed by atoms with Gasteiger partial charge in [0.1, 0.15) is 11.4 Å². The molecule has 0 fully saturated rings. The molecular weight excluding hydrogens is 272 g/mol. The van der Waals surface area contributed by atoms with Gasteiger partial charge in [0.2, 0.25) is 0 Å². The van der Waals surface area contributed by atoms with Crippen LogP contribution in [0.15, 0.2) is 23.6 Å². The van der Waals surface area contributed by atoms with Crippen LogP contribution in [0.4, 0.5) is 16.5 Å². The van der Waals surface area contributed by atoms with E-state index in [1.54, 1.807) is 0 Å². The third-order valence-corrected chi connectivity index (χ3v) is 2.87. The van der Waals surface area contributed by atoms with Crippen LogP contribution in [0.5, 0.6) is 5.75 Å². The average Bonchev–Trinajstić information content (AvgIpc) is 2.78. The summed E-state index contributed by atoms with van der Waals surface area (Å²) in [6, 6.07) is 3.32. The Morgan fingerprint density at radius 1 is 1.53 bits per heavy atom. The highest BCUT2D eigenvalue weighted by molar-refractivity contribution is 7.13. The molecule has 19 heavy (non-hydrogen) atoms. The van der Waals surface area contributed by atoms with E-state index in [0.717, 1.165) is 29.5 Å². The van der Waals surface area contributed by atoms with Crippen molar-refractivity contribution in [3.8, 4) is 5.75 Å². The van der Waals surface area contributed by atoms with Crippen LogP contribution < -0.4 is 11.1 Å². The molecule has 0 spiro atoms. The van der Waals surface area contributed by atoms with Gasteiger partial charge in [-0.15, -0.1) is 11.3 Å². The number of nitro benzene ring substituents is 1. The molecular formula is C10H8N4O4S. The van der Waals surface area contributed by atoms with E-state index in [4.69, 9.17) is 5.73 Å². The molecule has 2 rings (SSSR count). The van der Waals surface area contributed by atoms with Gasteiger partial charge in [-0.05, 0) is 6.07 Å². The molecule has 0 aliphatic heterocycles. The predicted octanol–water partition coefficient (Wildman–Crippen LogP) is 1.59. The molecule has 0 bridgehead atoms. The monoisotopic (exact) mass is 280 g/mol.